The molecule has 1 aromatic carbocycles. The van der Waals surface area contributed by atoms with E-state index < -0.39 is 0 Å². The highest BCUT2D eigenvalue weighted by molar-refractivity contribution is 5.77. The van der Waals surface area contributed by atoms with Gasteiger partial charge in [0.1, 0.15) is 11.6 Å². The van der Waals surface area contributed by atoms with Crippen LogP contribution in [0.5, 0.6) is 0 Å². The van der Waals surface area contributed by atoms with E-state index in [4.69, 9.17) is 10.8 Å². The third-order valence-electron chi connectivity index (χ3n) is 5.34. The first-order valence-electron chi connectivity index (χ1n) is 7.71. The number of hydrogen-bond acceptors (Lipinski definition) is 2. The number of rotatable bonds is 2. The van der Waals surface area contributed by atoms with Crippen LogP contribution in [0.3, 0.4) is 0 Å². The monoisotopic (exact) mass is 285 g/mol. The van der Waals surface area contributed by atoms with Crippen LogP contribution in [0.25, 0.3) is 11.1 Å². The lowest BCUT2D eigenvalue weighted by Gasteiger charge is -2.21. The molecular weight excluding hydrogens is 265 g/mol. The van der Waals surface area contributed by atoms with Crippen LogP contribution in [0.15, 0.2) is 24.3 Å². The number of nitrogen functional groups attached to an aromatic ring is 1. The highest BCUT2D eigenvalue weighted by Crippen LogP contribution is 2.54. The maximum atomic E-state index is 13.2. The van der Waals surface area contributed by atoms with Crippen LogP contribution in [0, 0.1) is 17.7 Å². The van der Waals surface area contributed by atoms with Gasteiger partial charge in [-0.2, -0.15) is 5.10 Å². The molecule has 2 aliphatic rings. The lowest BCUT2D eigenvalue weighted by Crippen LogP contribution is -2.10. The predicted octanol–water partition coefficient (Wildman–Crippen LogP) is 3.71. The summed E-state index contributed by atoms with van der Waals surface area (Å²) in [5.41, 5.74) is 9.35. The number of nitrogens with two attached hydrogens (primary N) is 1. The van der Waals surface area contributed by atoms with Crippen LogP contribution >= 0.6 is 0 Å². The van der Waals surface area contributed by atoms with E-state index in [1.54, 1.807) is 16.8 Å². The summed E-state index contributed by atoms with van der Waals surface area (Å²) in [5, 5.41) is 4.71. The Morgan fingerprint density at radius 2 is 1.95 bits per heavy atom. The van der Waals surface area contributed by atoms with Gasteiger partial charge in [-0.25, -0.2) is 4.39 Å². The van der Waals surface area contributed by atoms with Gasteiger partial charge < -0.3 is 5.73 Å². The van der Waals surface area contributed by atoms with E-state index in [-0.39, 0.29) is 5.82 Å². The van der Waals surface area contributed by atoms with E-state index >= 15 is 0 Å². The number of aromatic nitrogens is 2. The third kappa shape index (κ3) is 1.96. The molecular formula is C17H20FN3. The molecule has 2 N–H and O–H groups in total. The zero-order chi connectivity index (χ0) is 14.6. The first-order chi connectivity index (χ1) is 10.1. The van der Waals surface area contributed by atoms with Gasteiger partial charge in [-0.3, -0.25) is 4.68 Å². The Morgan fingerprint density at radius 3 is 2.57 bits per heavy atom. The summed E-state index contributed by atoms with van der Waals surface area (Å²) in [7, 11) is 1.89. The topological polar surface area (TPSA) is 43.8 Å². The average molecular weight is 285 g/mol. The highest BCUT2D eigenvalue weighted by atomic mass is 19.1. The van der Waals surface area contributed by atoms with Gasteiger partial charge in [0.15, 0.2) is 0 Å². The molecule has 21 heavy (non-hydrogen) atoms. The second kappa shape index (κ2) is 4.58. The average Bonchev–Trinajstić information content (AvgIpc) is 3.16. The van der Waals surface area contributed by atoms with E-state index in [2.05, 4.69) is 0 Å². The number of nitrogens with zero attached hydrogens (tertiary/aromatic N) is 2. The van der Waals surface area contributed by atoms with Gasteiger partial charge in [-0.15, -0.1) is 0 Å². The van der Waals surface area contributed by atoms with Crippen LogP contribution in [0.2, 0.25) is 0 Å². The maximum Gasteiger partial charge on any atom is 0.129 e. The van der Waals surface area contributed by atoms with Crippen molar-refractivity contribution in [3.8, 4) is 11.1 Å². The van der Waals surface area contributed by atoms with E-state index in [9.17, 15) is 4.39 Å². The Hall–Kier alpha value is -1.84. The van der Waals surface area contributed by atoms with E-state index in [0.717, 1.165) is 28.7 Å². The minimum atomic E-state index is -0.220. The minimum absolute atomic E-state index is 0.220. The summed E-state index contributed by atoms with van der Waals surface area (Å²) in [6.07, 6.45) is 5.25. The van der Waals surface area contributed by atoms with Gasteiger partial charge >= 0.3 is 0 Å². The molecule has 0 amide bonds. The molecule has 110 valence electrons. The molecule has 3 unspecified atom stereocenters. The number of aryl methyl sites for hydroxylation is 1. The van der Waals surface area contributed by atoms with Gasteiger partial charge in [0.2, 0.25) is 0 Å². The zero-order valence-electron chi connectivity index (χ0n) is 12.2. The van der Waals surface area contributed by atoms with Crippen molar-refractivity contribution in [2.24, 2.45) is 18.9 Å². The molecule has 1 aromatic heterocycles. The molecule has 2 saturated carbocycles. The van der Waals surface area contributed by atoms with E-state index in [1.807, 2.05) is 7.05 Å². The predicted molar refractivity (Wildman–Crippen MR) is 81.2 cm³/mol. The lowest BCUT2D eigenvalue weighted by atomic mass is 9.84. The first-order valence-corrected chi connectivity index (χ1v) is 7.71. The Kier molecular flexibility index (Phi) is 2.81. The molecule has 0 saturated heterocycles. The number of hydrogen-bond donors (Lipinski definition) is 1. The molecule has 1 heterocycles. The molecule has 4 rings (SSSR count). The lowest BCUT2D eigenvalue weighted by molar-refractivity contribution is 0.411. The van der Waals surface area contributed by atoms with Crippen LogP contribution in [-0.2, 0) is 7.05 Å². The molecule has 0 aliphatic heterocycles. The second-order valence-corrected chi connectivity index (χ2v) is 6.56. The maximum absolute atomic E-state index is 13.2. The van der Waals surface area contributed by atoms with Crippen LogP contribution in [0.4, 0.5) is 10.2 Å². The number of fused-ring (bicyclic) bond motifs is 2. The standard InChI is InChI=1S/C17H20FN3/c1-21-17(19)15(11-4-6-13(18)7-5-11)16(20-21)14-9-10-2-3-12(14)8-10/h4-7,10,12,14H,2-3,8-9,19H2,1H3. The molecule has 2 aromatic rings. The fourth-order valence-corrected chi connectivity index (χ4v) is 4.31. The third-order valence-corrected chi connectivity index (χ3v) is 5.34. The largest absolute Gasteiger partial charge is 0.383 e. The zero-order valence-corrected chi connectivity index (χ0v) is 12.2. The quantitative estimate of drug-likeness (QED) is 0.914. The summed E-state index contributed by atoms with van der Waals surface area (Å²) in [5.74, 6) is 2.60. The number of anilines is 1. The molecule has 0 spiro atoms. The normalized spacial score (nSPS) is 27.4. The smallest absolute Gasteiger partial charge is 0.129 e. The molecule has 2 bridgehead atoms. The minimum Gasteiger partial charge on any atom is -0.383 e. The fraction of sp³-hybridized carbons (Fsp3) is 0.471. The molecule has 3 nitrogen and oxygen atoms in total. The molecule has 2 fully saturated rings. The number of benzene rings is 1. The molecule has 3 atom stereocenters. The highest BCUT2D eigenvalue weighted by Gasteiger charge is 2.42. The Morgan fingerprint density at radius 1 is 1.19 bits per heavy atom. The summed E-state index contributed by atoms with van der Waals surface area (Å²) < 4.78 is 14.9. The number of halogens is 1. The van der Waals surface area contributed by atoms with Crippen molar-refractivity contribution < 1.29 is 4.39 Å². The van der Waals surface area contributed by atoms with Crippen molar-refractivity contribution in [3.05, 3.63) is 35.8 Å². The van der Waals surface area contributed by atoms with E-state index in [0.29, 0.717) is 11.7 Å². The summed E-state index contributed by atoms with van der Waals surface area (Å²) >= 11 is 0. The Labute approximate surface area is 124 Å². The molecule has 0 radical (unpaired) electrons. The van der Waals surface area contributed by atoms with Crippen LogP contribution in [0.1, 0.15) is 37.3 Å². The molecule has 2 aliphatic carbocycles. The summed E-state index contributed by atoms with van der Waals surface area (Å²) in [6.45, 7) is 0. The van der Waals surface area contributed by atoms with Crippen molar-refractivity contribution in [1.29, 1.82) is 0 Å². The SMILES string of the molecule is Cn1nc(C2CC3CCC2C3)c(-c2ccc(F)cc2)c1N. The van der Waals surface area contributed by atoms with Gasteiger partial charge in [0, 0.05) is 18.5 Å². The van der Waals surface area contributed by atoms with Gasteiger partial charge in [-0.1, -0.05) is 18.6 Å². The van der Waals surface area contributed by atoms with E-state index in [1.165, 1.54) is 37.8 Å². The van der Waals surface area contributed by atoms with Crippen molar-refractivity contribution in [1.82, 2.24) is 9.78 Å². The van der Waals surface area contributed by atoms with Crippen molar-refractivity contribution in [3.63, 3.8) is 0 Å². The van der Waals surface area contributed by atoms with Gasteiger partial charge in [0.25, 0.3) is 0 Å². The molecule has 4 heteroatoms. The Bertz CT molecular complexity index is 674. The Balaban J connectivity index is 1.81. The van der Waals surface area contributed by atoms with Crippen LogP contribution < -0.4 is 5.73 Å². The van der Waals surface area contributed by atoms with Gasteiger partial charge in [0.05, 0.1) is 5.69 Å². The van der Waals surface area contributed by atoms with Crippen molar-refractivity contribution >= 4 is 5.82 Å². The summed E-state index contributed by atoms with van der Waals surface area (Å²) in [4.78, 5) is 0. The first kappa shape index (κ1) is 12.9. The fourth-order valence-electron chi connectivity index (χ4n) is 4.31. The van der Waals surface area contributed by atoms with Crippen molar-refractivity contribution in [2.75, 3.05) is 5.73 Å². The van der Waals surface area contributed by atoms with Crippen molar-refractivity contribution in [2.45, 2.75) is 31.6 Å². The summed E-state index contributed by atoms with van der Waals surface area (Å²) in [6, 6.07) is 6.59. The van der Waals surface area contributed by atoms with Crippen LogP contribution in [-0.4, -0.2) is 9.78 Å². The van der Waals surface area contributed by atoms with Gasteiger partial charge in [-0.05, 0) is 48.8 Å². The second-order valence-electron chi connectivity index (χ2n) is 6.56.